The fourth-order valence-corrected chi connectivity index (χ4v) is 3.04. The highest BCUT2D eigenvalue weighted by Gasteiger charge is 2.37. The van der Waals surface area contributed by atoms with Gasteiger partial charge in [-0.3, -0.25) is 14.3 Å². The van der Waals surface area contributed by atoms with E-state index in [2.05, 4.69) is 5.10 Å². The number of nitrogens with zero attached hydrogens (tertiary/aromatic N) is 3. The van der Waals surface area contributed by atoms with Gasteiger partial charge < -0.3 is 10.0 Å². The van der Waals surface area contributed by atoms with E-state index < -0.39 is 17.8 Å². The maximum atomic E-state index is 12.6. The molecule has 0 aliphatic heterocycles. The zero-order chi connectivity index (χ0) is 15.6. The van der Waals surface area contributed by atoms with Crippen LogP contribution in [-0.2, 0) is 23.2 Å². The molecule has 6 heteroatoms. The lowest BCUT2D eigenvalue weighted by molar-refractivity contribution is -0.152. The van der Waals surface area contributed by atoms with Gasteiger partial charge >= 0.3 is 5.97 Å². The van der Waals surface area contributed by atoms with Crippen LogP contribution in [0.25, 0.3) is 0 Å². The molecule has 0 bridgehead atoms. The first-order valence-corrected chi connectivity index (χ1v) is 7.37. The number of carbonyl (C=O) groups excluding carboxylic acids is 1. The van der Waals surface area contributed by atoms with Crippen LogP contribution in [0.5, 0.6) is 0 Å². The lowest BCUT2D eigenvalue weighted by Gasteiger charge is -2.31. The van der Waals surface area contributed by atoms with E-state index >= 15 is 0 Å². The first-order valence-electron chi connectivity index (χ1n) is 7.37. The van der Waals surface area contributed by atoms with E-state index in [0.29, 0.717) is 19.4 Å². The monoisotopic (exact) mass is 293 g/mol. The Hall–Kier alpha value is -1.85. The molecular formula is C15H23N3O3. The zero-order valence-corrected chi connectivity index (χ0v) is 12.9. The zero-order valence-electron chi connectivity index (χ0n) is 12.9. The Bertz CT molecular complexity index is 538. The highest BCUT2D eigenvalue weighted by atomic mass is 16.4. The summed E-state index contributed by atoms with van der Waals surface area (Å²) < 4.78 is 1.77. The summed E-state index contributed by atoms with van der Waals surface area (Å²) in [4.78, 5) is 25.5. The molecule has 1 aliphatic rings. The normalized spacial score (nSPS) is 22.0. The van der Waals surface area contributed by atoms with E-state index in [1.807, 2.05) is 14.0 Å². The first-order chi connectivity index (χ1) is 9.91. The second-order valence-corrected chi connectivity index (χ2v) is 5.91. The van der Waals surface area contributed by atoms with Crippen LogP contribution in [-0.4, -0.2) is 38.7 Å². The van der Waals surface area contributed by atoms with E-state index in [-0.39, 0.29) is 5.91 Å². The van der Waals surface area contributed by atoms with Crippen LogP contribution >= 0.6 is 0 Å². The van der Waals surface area contributed by atoms with Crippen LogP contribution in [0.1, 0.15) is 36.9 Å². The van der Waals surface area contributed by atoms with Gasteiger partial charge in [-0.05, 0) is 19.8 Å². The molecule has 1 N–H and O–H groups in total. The number of aromatic nitrogens is 2. The summed E-state index contributed by atoms with van der Waals surface area (Å²) >= 11 is 0. The van der Waals surface area contributed by atoms with Gasteiger partial charge in [0.1, 0.15) is 0 Å². The molecule has 2 atom stereocenters. The fourth-order valence-electron chi connectivity index (χ4n) is 3.04. The molecule has 1 aromatic heterocycles. The van der Waals surface area contributed by atoms with Crippen molar-refractivity contribution in [2.45, 2.75) is 39.2 Å². The molecule has 2 rings (SSSR count). The molecular weight excluding hydrogens is 270 g/mol. The van der Waals surface area contributed by atoms with Gasteiger partial charge in [-0.2, -0.15) is 5.10 Å². The number of amides is 1. The van der Waals surface area contributed by atoms with Crippen molar-refractivity contribution in [1.82, 2.24) is 14.7 Å². The minimum atomic E-state index is -0.848. The average Bonchev–Trinajstić information content (AvgIpc) is 2.78. The lowest BCUT2D eigenvalue weighted by atomic mass is 9.78. The van der Waals surface area contributed by atoms with Gasteiger partial charge in [0.15, 0.2) is 0 Å². The third-order valence-corrected chi connectivity index (χ3v) is 4.52. The highest BCUT2D eigenvalue weighted by molar-refractivity contribution is 5.84. The van der Waals surface area contributed by atoms with Crippen molar-refractivity contribution in [3.8, 4) is 0 Å². The van der Waals surface area contributed by atoms with Crippen molar-refractivity contribution < 1.29 is 14.7 Å². The van der Waals surface area contributed by atoms with Crippen molar-refractivity contribution in [2.75, 3.05) is 7.05 Å². The Balaban J connectivity index is 2.07. The summed E-state index contributed by atoms with van der Waals surface area (Å²) in [6.45, 7) is 2.43. The van der Waals surface area contributed by atoms with E-state index in [9.17, 15) is 14.7 Å². The minimum absolute atomic E-state index is 0.0645. The number of carboxylic acids is 1. The van der Waals surface area contributed by atoms with E-state index in [4.69, 9.17) is 0 Å². The molecule has 0 saturated heterocycles. The summed E-state index contributed by atoms with van der Waals surface area (Å²) in [6.07, 6.45) is 4.86. The molecule has 1 heterocycles. The van der Waals surface area contributed by atoms with Gasteiger partial charge in [0.25, 0.3) is 0 Å². The number of rotatable bonds is 4. The maximum absolute atomic E-state index is 12.6. The first kappa shape index (κ1) is 15.5. The van der Waals surface area contributed by atoms with Gasteiger partial charge in [0.05, 0.1) is 18.0 Å². The predicted molar refractivity (Wildman–Crippen MR) is 77.5 cm³/mol. The van der Waals surface area contributed by atoms with Gasteiger partial charge in [-0.25, -0.2) is 0 Å². The molecule has 6 nitrogen and oxygen atoms in total. The van der Waals surface area contributed by atoms with Crippen molar-refractivity contribution in [3.63, 3.8) is 0 Å². The smallest absolute Gasteiger partial charge is 0.307 e. The molecule has 0 spiro atoms. The van der Waals surface area contributed by atoms with Crippen LogP contribution < -0.4 is 0 Å². The Labute approximate surface area is 124 Å². The standard InChI is InChI=1S/C15H23N3O3/c1-10-11(8-16-18(10)3)9-17(2)14(19)12-6-4-5-7-13(12)15(20)21/h8,12-13H,4-7,9H2,1-3H3,(H,20,21)/t12-,13-/m0/s1. The molecule has 0 radical (unpaired) electrons. The van der Waals surface area contributed by atoms with Crippen LogP contribution in [0.4, 0.5) is 0 Å². The molecule has 116 valence electrons. The topological polar surface area (TPSA) is 75.4 Å². The molecule has 0 unspecified atom stereocenters. The minimum Gasteiger partial charge on any atom is -0.481 e. The van der Waals surface area contributed by atoms with Crippen LogP contribution in [0.3, 0.4) is 0 Å². The molecule has 1 saturated carbocycles. The Morgan fingerprint density at radius 2 is 2.00 bits per heavy atom. The van der Waals surface area contributed by atoms with Crippen LogP contribution in [0.15, 0.2) is 6.20 Å². The molecule has 21 heavy (non-hydrogen) atoms. The van der Waals surface area contributed by atoms with Gasteiger partial charge in [-0.15, -0.1) is 0 Å². The Kier molecular flexibility index (Phi) is 4.65. The predicted octanol–water partition coefficient (Wildman–Crippen LogP) is 1.58. The van der Waals surface area contributed by atoms with Crippen LogP contribution in [0.2, 0.25) is 0 Å². The molecule has 1 amide bonds. The number of carbonyl (C=O) groups is 2. The number of carboxylic acid groups (broad SMARTS) is 1. The number of hydrogen-bond donors (Lipinski definition) is 1. The van der Waals surface area contributed by atoms with Crippen LogP contribution in [0, 0.1) is 18.8 Å². The molecule has 0 aromatic carbocycles. The lowest BCUT2D eigenvalue weighted by Crippen LogP contribution is -2.40. The average molecular weight is 293 g/mol. The fraction of sp³-hybridized carbons (Fsp3) is 0.667. The molecule has 1 aliphatic carbocycles. The van der Waals surface area contributed by atoms with Gasteiger partial charge in [0.2, 0.25) is 5.91 Å². The number of aryl methyl sites for hydroxylation is 1. The summed E-state index contributed by atoms with van der Waals surface area (Å²) in [5.41, 5.74) is 2.02. The maximum Gasteiger partial charge on any atom is 0.307 e. The van der Waals surface area contributed by atoms with E-state index in [1.54, 1.807) is 22.8 Å². The second kappa shape index (κ2) is 6.28. The van der Waals surface area contributed by atoms with Crippen molar-refractivity contribution in [1.29, 1.82) is 0 Å². The van der Waals surface area contributed by atoms with E-state index in [0.717, 1.165) is 24.1 Å². The SMILES string of the molecule is Cc1c(CN(C)C(=O)[C@H]2CCCC[C@@H]2C(=O)O)cnn1C. The Morgan fingerprint density at radius 1 is 1.38 bits per heavy atom. The van der Waals surface area contributed by atoms with Crippen molar-refractivity contribution in [3.05, 3.63) is 17.5 Å². The quantitative estimate of drug-likeness (QED) is 0.914. The molecule has 1 fully saturated rings. The third-order valence-electron chi connectivity index (χ3n) is 4.52. The van der Waals surface area contributed by atoms with Crippen molar-refractivity contribution in [2.24, 2.45) is 18.9 Å². The number of aliphatic carboxylic acids is 1. The largest absolute Gasteiger partial charge is 0.481 e. The second-order valence-electron chi connectivity index (χ2n) is 5.91. The summed E-state index contributed by atoms with van der Waals surface area (Å²) in [5.74, 6) is -1.84. The van der Waals surface area contributed by atoms with Gasteiger partial charge in [0, 0.05) is 31.9 Å². The van der Waals surface area contributed by atoms with Gasteiger partial charge in [-0.1, -0.05) is 12.8 Å². The summed E-state index contributed by atoms with van der Waals surface area (Å²) in [6, 6.07) is 0. The summed E-state index contributed by atoms with van der Waals surface area (Å²) in [7, 11) is 3.60. The Morgan fingerprint density at radius 3 is 2.52 bits per heavy atom. The van der Waals surface area contributed by atoms with E-state index in [1.165, 1.54) is 0 Å². The summed E-state index contributed by atoms with van der Waals surface area (Å²) in [5, 5.41) is 13.5. The third kappa shape index (κ3) is 3.25. The number of hydrogen-bond acceptors (Lipinski definition) is 3. The molecule has 1 aromatic rings. The van der Waals surface area contributed by atoms with Crippen molar-refractivity contribution >= 4 is 11.9 Å². The highest BCUT2D eigenvalue weighted by Crippen LogP contribution is 2.31.